The minimum Gasteiger partial charge on any atom is -0.506 e. The van der Waals surface area contributed by atoms with Crippen LogP contribution < -0.4 is 5.32 Å². The van der Waals surface area contributed by atoms with Crippen molar-refractivity contribution in [3.8, 4) is 5.75 Å². The third kappa shape index (κ3) is 3.68. The van der Waals surface area contributed by atoms with Crippen LogP contribution in [0.15, 0.2) is 48.5 Å². The van der Waals surface area contributed by atoms with E-state index in [4.69, 9.17) is 0 Å². The van der Waals surface area contributed by atoms with Gasteiger partial charge in [0.2, 0.25) is 5.91 Å². The van der Waals surface area contributed by atoms with Crippen LogP contribution in [0, 0.1) is 12.7 Å². The molecule has 1 amide bonds. The Kier molecular flexibility index (Phi) is 4.15. The van der Waals surface area contributed by atoms with Crippen LogP contribution in [0.1, 0.15) is 11.1 Å². The summed E-state index contributed by atoms with van der Waals surface area (Å²) < 4.78 is 12.7. The quantitative estimate of drug-likeness (QED) is 0.663. The molecule has 0 fully saturated rings. The number of phenols is 1. The summed E-state index contributed by atoms with van der Waals surface area (Å²) in [6.07, 6.45) is 2.90. The summed E-state index contributed by atoms with van der Waals surface area (Å²) in [5.41, 5.74) is 1.97. The molecule has 0 unspecified atom stereocenters. The number of carbonyl (C=O) groups is 1. The van der Waals surface area contributed by atoms with Crippen molar-refractivity contribution in [2.45, 2.75) is 6.92 Å². The minimum absolute atomic E-state index is 0.0218. The molecule has 2 N–H and O–H groups in total. The van der Waals surface area contributed by atoms with E-state index in [0.29, 0.717) is 5.69 Å². The molecular weight excluding hydrogens is 257 g/mol. The fraction of sp³-hybridized carbons (Fsp3) is 0.0625. The van der Waals surface area contributed by atoms with Crippen molar-refractivity contribution in [1.29, 1.82) is 0 Å². The molecule has 20 heavy (non-hydrogen) atoms. The van der Waals surface area contributed by atoms with Crippen molar-refractivity contribution in [3.05, 3.63) is 65.5 Å². The average molecular weight is 271 g/mol. The summed E-state index contributed by atoms with van der Waals surface area (Å²) in [5.74, 6) is -0.668. The van der Waals surface area contributed by atoms with Crippen LogP contribution >= 0.6 is 0 Å². The highest BCUT2D eigenvalue weighted by Gasteiger charge is 2.03. The Morgan fingerprint density at radius 2 is 1.90 bits per heavy atom. The lowest BCUT2D eigenvalue weighted by Crippen LogP contribution is -2.07. The van der Waals surface area contributed by atoms with Gasteiger partial charge in [-0.15, -0.1) is 0 Å². The van der Waals surface area contributed by atoms with Gasteiger partial charge in [-0.2, -0.15) is 0 Å². The largest absolute Gasteiger partial charge is 0.506 e. The normalized spacial score (nSPS) is 10.7. The van der Waals surface area contributed by atoms with Crippen LogP contribution in [0.25, 0.3) is 6.08 Å². The molecule has 2 aromatic rings. The molecule has 0 aliphatic rings. The van der Waals surface area contributed by atoms with E-state index in [1.807, 2.05) is 6.92 Å². The van der Waals surface area contributed by atoms with E-state index in [-0.39, 0.29) is 17.5 Å². The minimum atomic E-state index is -0.367. The number of aromatic hydroxyl groups is 1. The number of hydrogen-bond donors (Lipinski definition) is 2. The number of hydrogen-bond acceptors (Lipinski definition) is 2. The smallest absolute Gasteiger partial charge is 0.248 e. The molecule has 102 valence electrons. The standard InChI is InChI=1S/C16H14FNO2/c1-11-2-8-14(15(19)10-11)18-16(20)9-5-12-3-6-13(17)7-4-12/h2-10,19H,1H3,(H,18,20). The van der Waals surface area contributed by atoms with E-state index in [2.05, 4.69) is 5.32 Å². The first-order chi connectivity index (χ1) is 9.54. The molecule has 0 radical (unpaired) electrons. The lowest BCUT2D eigenvalue weighted by Gasteiger charge is -2.05. The Morgan fingerprint density at radius 1 is 1.20 bits per heavy atom. The Balaban J connectivity index is 2.03. The third-order valence-electron chi connectivity index (χ3n) is 2.71. The number of anilines is 1. The predicted molar refractivity (Wildman–Crippen MR) is 76.9 cm³/mol. The number of carbonyl (C=O) groups excluding carboxylic acids is 1. The van der Waals surface area contributed by atoms with E-state index >= 15 is 0 Å². The van der Waals surface area contributed by atoms with Gasteiger partial charge in [-0.25, -0.2) is 4.39 Å². The highest BCUT2D eigenvalue weighted by molar-refractivity contribution is 6.02. The lowest BCUT2D eigenvalue weighted by molar-refractivity contribution is -0.111. The summed E-state index contributed by atoms with van der Waals surface area (Å²) in [6, 6.07) is 10.8. The predicted octanol–water partition coefficient (Wildman–Crippen LogP) is 3.49. The molecule has 0 aliphatic heterocycles. The maximum absolute atomic E-state index is 12.7. The van der Waals surface area contributed by atoms with Crippen molar-refractivity contribution in [2.24, 2.45) is 0 Å². The zero-order valence-electron chi connectivity index (χ0n) is 10.9. The van der Waals surface area contributed by atoms with E-state index in [1.54, 1.807) is 36.4 Å². The fourth-order valence-electron chi connectivity index (χ4n) is 1.67. The highest BCUT2D eigenvalue weighted by atomic mass is 19.1. The Morgan fingerprint density at radius 3 is 2.55 bits per heavy atom. The summed E-state index contributed by atoms with van der Waals surface area (Å²) in [7, 11) is 0. The second-order valence-corrected chi connectivity index (χ2v) is 4.39. The van der Waals surface area contributed by atoms with Crippen molar-refractivity contribution in [1.82, 2.24) is 0 Å². The molecule has 2 rings (SSSR count). The van der Waals surface area contributed by atoms with Gasteiger partial charge in [-0.05, 0) is 48.4 Å². The first-order valence-corrected chi connectivity index (χ1v) is 6.09. The molecule has 0 aromatic heterocycles. The monoisotopic (exact) mass is 271 g/mol. The molecule has 4 heteroatoms. The van der Waals surface area contributed by atoms with Gasteiger partial charge in [0.25, 0.3) is 0 Å². The summed E-state index contributed by atoms with van der Waals surface area (Å²) in [6.45, 7) is 1.85. The molecular formula is C16H14FNO2. The van der Waals surface area contributed by atoms with Gasteiger partial charge in [0.1, 0.15) is 11.6 Å². The van der Waals surface area contributed by atoms with Crippen molar-refractivity contribution in [3.63, 3.8) is 0 Å². The first-order valence-electron chi connectivity index (χ1n) is 6.09. The second-order valence-electron chi connectivity index (χ2n) is 4.39. The van der Waals surface area contributed by atoms with E-state index < -0.39 is 0 Å². The summed E-state index contributed by atoms with van der Waals surface area (Å²) in [5, 5.41) is 12.2. The molecule has 0 spiro atoms. The summed E-state index contributed by atoms with van der Waals surface area (Å²) in [4.78, 5) is 11.7. The van der Waals surface area contributed by atoms with Crippen LogP contribution in [-0.2, 0) is 4.79 Å². The lowest BCUT2D eigenvalue weighted by atomic mass is 10.2. The van der Waals surface area contributed by atoms with Crippen LogP contribution in [0.2, 0.25) is 0 Å². The molecule has 0 saturated carbocycles. The van der Waals surface area contributed by atoms with Crippen LogP contribution in [-0.4, -0.2) is 11.0 Å². The number of aryl methyl sites for hydroxylation is 1. The van der Waals surface area contributed by atoms with E-state index in [1.165, 1.54) is 18.2 Å². The topological polar surface area (TPSA) is 49.3 Å². The van der Waals surface area contributed by atoms with Gasteiger partial charge in [0.05, 0.1) is 5.69 Å². The second kappa shape index (κ2) is 6.02. The third-order valence-corrected chi connectivity index (χ3v) is 2.71. The molecule has 0 atom stereocenters. The van der Waals surface area contributed by atoms with Crippen LogP contribution in [0.4, 0.5) is 10.1 Å². The van der Waals surface area contributed by atoms with Gasteiger partial charge < -0.3 is 10.4 Å². The number of nitrogens with one attached hydrogen (secondary N) is 1. The Labute approximate surface area is 116 Å². The number of amides is 1. The number of halogens is 1. The molecule has 0 bridgehead atoms. The zero-order valence-corrected chi connectivity index (χ0v) is 10.9. The zero-order chi connectivity index (χ0) is 14.5. The van der Waals surface area contributed by atoms with E-state index in [9.17, 15) is 14.3 Å². The maximum Gasteiger partial charge on any atom is 0.248 e. The average Bonchev–Trinajstić information content (AvgIpc) is 2.41. The summed E-state index contributed by atoms with van der Waals surface area (Å²) >= 11 is 0. The molecule has 0 aliphatic carbocycles. The van der Waals surface area contributed by atoms with Gasteiger partial charge in [-0.3, -0.25) is 4.79 Å². The van der Waals surface area contributed by atoms with Crippen molar-refractivity contribution in [2.75, 3.05) is 5.32 Å². The van der Waals surface area contributed by atoms with Gasteiger partial charge >= 0.3 is 0 Å². The SMILES string of the molecule is Cc1ccc(NC(=O)C=Cc2ccc(F)cc2)c(O)c1. The maximum atomic E-state index is 12.7. The van der Waals surface area contributed by atoms with E-state index in [0.717, 1.165) is 11.1 Å². The Hall–Kier alpha value is -2.62. The molecule has 0 heterocycles. The van der Waals surface area contributed by atoms with Gasteiger partial charge in [-0.1, -0.05) is 18.2 Å². The molecule has 2 aromatic carbocycles. The molecule has 0 saturated heterocycles. The highest BCUT2D eigenvalue weighted by Crippen LogP contribution is 2.23. The number of benzene rings is 2. The number of phenolic OH excluding ortho intramolecular Hbond substituents is 1. The Bertz CT molecular complexity index is 648. The van der Waals surface area contributed by atoms with Crippen molar-refractivity contribution >= 4 is 17.7 Å². The number of rotatable bonds is 3. The fourth-order valence-corrected chi connectivity index (χ4v) is 1.67. The van der Waals surface area contributed by atoms with Crippen LogP contribution in [0.3, 0.4) is 0 Å². The van der Waals surface area contributed by atoms with Gasteiger partial charge in [0.15, 0.2) is 0 Å². The van der Waals surface area contributed by atoms with Crippen molar-refractivity contribution < 1.29 is 14.3 Å². The molecule has 3 nitrogen and oxygen atoms in total. The van der Waals surface area contributed by atoms with Gasteiger partial charge in [0, 0.05) is 6.08 Å². The first kappa shape index (κ1) is 13.8. The van der Waals surface area contributed by atoms with Crippen LogP contribution in [0.5, 0.6) is 5.75 Å².